The fourth-order valence-corrected chi connectivity index (χ4v) is 4.43. The van der Waals surface area contributed by atoms with Gasteiger partial charge in [0.1, 0.15) is 0 Å². The molecule has 0 saturated carbocycles. The van der Waals surface area contributed by atoms with Gasteiger partial charge in [-0.2, -0.15) is 0 Å². The third-order valence-corrected chi connectivity index (χ3v) is 6.50. The summed E-state index contributed by atoms with van der Waals surface area (Å²) >= 11 is 0. The van der Waals surface area contributed by atoms with Crippen LogP contribution in [0.15, 0.2) is 0 Å². The maximum atomic E-state index is 2.39. The first kappa shape index (κ1) is 26.0. The van der Waals surface area contributed by atoms with Gasteiger partial charge in [-0.15, -0.1) is 0 Å². The van der Waals surface area contributed by atoms with Crippen molar-refractivity contribution in [2.45, 2.75) is 156 Å². The first-order valence-electron chi connectivity index (χ1n) is 12.8. The van der Waals surface area contributed by atoms with E-state index in [-0.39, 0.29) is 0 Å². The topological polar surface area (TPSA) is 0 Å². The van der Waals surface area contributed by atoms with Crippen molar-refractivity contribution in [3.8, 4) is 0 Å². The number of unbranched alkanes of at least 4 members (excludes halogenated alkanes) is 13. The molecule has 0 heteroatoms. The van der Waals surface area contributed by atoms with Crippen molar-refractivity contribution >= 4 is 0 Å². The molecule has 0 aliphatic heterocycles. The van der Waals surface area contributed by atoms with Crippen molar-refractivity contribution in [1.82, 2.24) is 0 Å². The molecule has 1 atom stereocenters. The molecule has 0 aromatic heterocycles. The SMILES string of the molecule is CCCCCCCCCCCCCC(CCCCCC)CC(CC)CC. The van der Waals surface area contributed by atoms with Crippen LogP contribution in [0.2, 0.25) is 0 Å². The molecule has 0 aromatic carbocycles. The molecule has 0 fully saturated rings. The summed E-state index contributed by atoms with van der Waals surface area (Å²) in [6, 6.07) is 0. The highest BCUT2D eigenvalue weighted by Gasteiger charge is 2.14. The van der Waals surface area contributed by atoms with E-state index < -0.39 is 0 Å². The monoisotopic (exact) mass is 366 g/mol. The molecule has 1 unspecified atom stereocenters. The molecule has 0 heterocycles. The fraction of sp³-hybridized carbons (Fsp3) is 1.00. The first-order valence-corrected chi connectivity index (χ1v) is 12.8. The second-order valence-corrected chi connectivity index (χ2v) is 8.96. The van der Waals surface area contributed by atoms with Gasteiger partial charge in [-0.25, -0.2) is 0 Å². The van der Waals surface area contributed by atoms with Crippen LogP contribution in [0.25, 0.3) is 0 Å². The molecule has 0 aliphatic carbocycles. The van der Waals surface area contributed by atoms with Crippen LogP contribution in [-0.4, -0.2) is 0 Å². The van der Waals surface area contributed by atoms with Gasteiger partial charge in [0.2, 0.25) is 0 Å². The van der Waals surface area contributed by atoms with Gasteiger partial charge in [0.15, 0.2) is 0 Å². The minimum atomic E-state index is 0.985. The summed E-state index contributed by atoms with van der Waals surface area (Å²) in [5, 5.41) is 0. The Morgan fingerprint density at radius 3 is 1.12 bits per heavy atom. The highest BCUT2D eigenvalue weighted by Crippen LogP contribution is 2.28. The van der Waals surface area contributed by atoms with E-state index in [9.17, 15) is 0 Å². The van der Waals surface area contributed by atoms with Gasteiger partial charge >= 0.3 is 0 Å². The Kier molecular flexibility index (Phi) is 21.3. The zero-order valence-electron chi connectivity index (χ0n) is 19.3. The van der Waals surface area contributed by atoms with Gasteiger partial charge in [-0.3, -0.25) is 0 Å². The average molecular weight is 367 g/mol. The van der Waals surface area contributed by atoms with Gasteiger partial charge < -0.3 is 0 Å². The smallest absolute Gasteiger partial charge is 0.0412 e. The lowest BCUT2D eigenvalue weighted by Crippen LogP contribution is -2.08. The van der Waals surface area contributed by atoms with Crippen LogP contribution in [-0.2, 0) is 0 Å². The third-order valence-electron chi connectivity index (χ3n) is 6.50. The second kappa shape index (κ2) is 21.3. The Bertz CT molecular complexity index is 240. The maximum Gasteiger partial charge on any atom is -0.0412 e. The predicted molar refractivity (Wildman–Crippen MR) is 122 cm³/mol. The van der Waals surface area contributed by atoms with E-state index in [1.165, 1.54) is 128 Å². The summed E-state index contributed by atoms with van der Waals surface area (Å²) in [5.41, 5.74) is 0. The van der Waals surface area contributed by atoms with Crippen LogP contribution in [0.3, 0.4) is 0 Å². The summed E-state index contributed by atoms with van der Waals surface area (Å²) in [5.74, 6) is 2.01. The van der Waals surface area contributed by atoms with Crippen molar-refractivity contribution in [2.75, 3.05) is 0 Å². The third kappa shape index (κ3) is 17.4. The fourth-order valence-electron chi connectivity index (χ4n) is 4.43. The van der Waals surface area contributed by atoms with Crippen LogP contribution in [0.4, 0.5) is 0 Å². The summed E-state index contributed by atoms with van der Waals surface area (Å²) in [4.78, 5) is 0. The van der Waals surface area contributed by atoms with E-state index in [1.807, 2.05) is 0 Å². The zero-order valence-corrected chi connectivity index (χ0v) is 19.3. The number of rotatable bonds is 21. The molecular formula is C26H54. The molecule has 0 aromatic rings. The van der Waals surface area contributed by atoms with Gasteiger partial charge in [0, 0.05) is 0 Å². The number of hydrogen-bond acceptors (Lipinski definition) is 0. The van der Waals surface area contributed by atoms with Crippen LogP contribution < -0.4 is 0 Å². The molecule has 0 nitrogen and oxygen atoms in total. The molecule has 0 spiro atoms. The van der Waals surface area contributed by atoms with E-state index >= 15 is 0 Å². The largest absolute Gasteiger partial charge is 0.0654 e. The lowest BCUT2D eigenvalue weighted by atomic mass is 9.84. The minimum absolute atomic E-state index is 0.985. The molecule has 0 rings (SSSR count). The molecule has 0 aliphatic rings. The van der Waals surface area contributed by atoms with Crippen molar-refractivity contribution in [2.24, 2.45) is 11.8 Å². The summed E-state index contributed by atoms with van der Waals surface area (Å²) in [6.45, 7) is 9.42. The Labute approximate surface area is 168 Å². The van der Waals surface area contributed by atoms with Crippen molar-refractivity contribution in [3.63, 3.8) is 0 Å². The predicted octanol–water partition coefficient (Wildman–Crippen LogP) is 10.1. The van der Waals surface area contributed by atoms with Gasteiger partial charge in [-0.05, 0) is 18.3 Å². The average Bonchev–Trinajstić information content (AvgIpc) is 2.66. The normalized spacial score (nSPS) is 12.8. The summed E-state index contributed by atoms with van der Waals surface area (Å²) < 4.78 is 0. The molecule has 0 bridgehead atoms. The van der Waals surface area contributed by atoms with E-state index in [2.05, 4.69) is 27.7 Å². The summed E-state index contributed by atoms with van der Waals surface area (Å²) in [7, 11) is 0. The van der Waals surface area contributed by atoms with Crippen molar-refractivity contribution < 1.29 is 0 Å². The highest BCUT2D eigenvalue weighted by molar-refractivity contribution is 4.66. The summed E-state index contributed by atoms with van der Waals surface area (Å²) in [6.07, 6.45) is 29.2. The standard InChI is InChI=1S/C26H54/c1-5-9-11-13-14-15-16-17-18-19-21-23-26(22-20-12-10-6-2)24-25(7-3)8-4/h25-26H,5-24H2,1-4H3. The Morgan fingerprint density at radius 2 is 0.731 bits per heavy atom. The van der Waals surface area contributed by atoms with E-state index in [1.54, 1.807) is 0 Å². The lowest BCUT2D eigenvalue weighted by Gasteiger charge is -2.22. The highest BCUT2D eigenvalue weighted by atomic mass is 14.2. The van der Waals surface area contributed by atoms with Crippen LogP contribution in [0.1, 0.15) is 156 Å². The molecule has 158 valence electrons. The van der Waals surface area contributed by atoms with E-state index in [4.69, 9.17) is 0 Å². The van der Waals surface area contributed by atoms with Crippen LogP contribution in [0.5, 0.6) is 0 Å². The van der Waals surface area contributed by atoms with Gasteiger partial charge in [-0.1, -0.05) is 150 Å². The molecule has 0 N–H and O–H groups in total. The van der Waals surface area contributed by atoms with Gasteiger partial charge in [0.05, 0.1) is 0 Å². The zero-order chi connectivity index (χ0) is 19.3. The second-order valence-electron chi connectivity index (χ2n) is 8.96. The Hall–Kier alpha value is 0. The minimum Gasteiger partial charge on any atom is -0.0654 e. The first-order chi connectivity index (χ1) is 12.8. The van der Waals surface area contributed by atoms with Crippen LogP contribution in [0, 0.1) is 11.8 Å². The molecule has 0 amide bonds. The lowest BCUT2D eigenvalue weighted by molar-refractivity contribution is 0.305. The van der Waals surface area contributed by atoms with E-state index in [0.717, 1.165) is 11.8 Å². The van der Waals surface area contributed by atoms with Crippen molar-refractivity contribution in [1.29, 1.82) is 0 Å². The van der Waals surface area contributed by atoms with Gasteiger partial charge in [0.25, 0.3) is 0 Å². The number of hydrogen-bond donors (Lipinski definition) is 0. The molecular weight excluding hydrogens is 312 g/mol. The molecule has 26 heavy (non-hydrogen) atoms. The van der Waals surface area contributed by atoms with Crippen LogP contribution >= 0.6 is 0 Å². The maximum absolute atomic E-state index is 2.39. The van der Waals surface area contributed by atoms with E-state index in [0.29, 0.717) is 0 Å². The quantitative estimate of drug-likeness (QED) is 0.177. The Morgan fingerprint density at radius 1 is 0.385 bits per heavy atom. The molecule has 0 radical (unpaired) electrons. The Balaban J connectivity index is 3.70. The van der Waals surface area contributed by atoms with Crippen molar-refractivity contribution in [3.05, 3.63) is 0 Å². The molecule has 0 saturated heterocycles.